The third-order valence-electron chi connectivity index (χ3n) is 2.33. The lowest BCUT2D eigenvalue weighted by Crippen LogP contribution is -1.99. The van der Waals surface area contributed by atoms with E-state index in [1.54, 1.807) is 18.2 Å². The molecule has 5 heteroatoms. The maximum atomic E-state index is 10.8. The molecule has 0 aliphatic heterocycles. The van der Waals surface area contributed by atoms with Gasteiger partial charge in [-0.25, -0.2) is 9.78 Å². The zero-order valence-electron chi connectivity index (χ0n) is 9.55. The van der Waals surface area contributed by atoms with Crippen molar-refractivity contribution in [3.63, 3.8) is 0 Å². The van der Waals surface area contributed by atoms with Crippen molar-refractivity contribution in [2.45, 2.75) is 6.92 Å². The van der Waals surface area contributed by atoms with E-state index in [-0.39, 0.29) is 5.69 Å². The Morgan fingerprint density at radius 3 is 2.83 bits per heavy atom. The predicted molar refractivity (Wildman–Crippen MR) is 67.5 cm³/mol. The van der Waals surface area contributed by atoms with E-state index >= 15 is 0 Å². The van der Waals surface area contributed by atoms with Crippen LogP contribution in [0.5, 0.6) is 11.5 Å². The summed E-state index contributed by atoms with van der Waals surface area (Å²) in [5.74, 6) is -0.0962. The van der Waals surface area contributed by atoms with Gasteiger partial charge in [0, 0.05) is 17.3 Å². The molecule has 2 rings (SSSR count). The van der Waals surface area contributed by atoms with Gasteiger partial charge in [0.2, 0.25) is 0 Å². The predicted octanol–water partition coefficient (Wildman–Crippen LogP) is 3.53. The monoisotopic (exact) mass is 263 g/mol. The van der Waals surface area contributed by atoms with Crippen LogP contribution in [0.3, 0.4) is 0 Å². The molecule has 0 radical (unpaired) electrons. The van der Waals surface area contributed by atoms with Crippen LogP contribution in [0.15, 0.2) is 36.5 Å². The van der Waals surface area contributed by atoms with Crippen molar-refractivity contribution in [2.75, 3.05) is 0 Å². The number of aromatic nitrogens is 1. The fourth-order valence-electron chi connectivity index (χ4n) is 1.40. The van der Waals surface area contributed by atoms with Crippen LogP contribution in [-0.4, -0.2) is 16.1 Å². The number of nitrogens with zero attached hydrogens (tertiary/aromatic N) is 1. The molecule has 0 amide bonds. The van der Waals surface area contributed by atoms with Gasteiger partial charge in [-0.05, 0) is 30.7 Å². The molecule has 92 valence electrons. The van der Waals surface area contributed by atoms with E-state index in [0.29, 0.717) is 16.5 Å². The number of aromatic carboxylic acids is 1. The number of hydrogen-bond acceptors (Lipinski definition) is 3. The molecule has 0 unspecified atom stereocenters. The third kappa shape index (κ3) is 2.78. The minimum absolute atomic E-state index is 0.0628. The minimum atomic E-state index is -1.09. The van der Waals surface area contributed by atoms with Crippen molar-refractivity contribution >= 4 is 17.6 Å². The number of carboxylic acids is 1. The number of pyridine rings is 1. The van der Waals surface area contributed by atoms with Crippen molar-refractivity contribution in [1.29, 1.82) is 0 Å². The van der Waals surface area contributed by atoms with Crippen molar-refractivity contribution in [3.8, 4) is 11.5 Å². The van der Waals surface area contributed by atoms with Crippen LogP contribution < -0.4 is 4.74 Å². The Morgan fingerprint density at radius 1 is 1.33 bits per heavy atom. The molecule has 18 heavy (non-hydrogen) atoms. The number of carboxylic acid groups (broad SMARTS) is 1. The van der Waals surface area contributed by atoms with Gasteiger partial charge >= 0.3 is 5.97 Å². The lowest BCUT2D eigenvalue weighted by molar-refractivity contribution is 0.0690. The van der Waals surface area contributed by atoms with Gasteiger partial charge in [-0.2, -0.15) is 0 Å². The Kier molecular flexibility index (Phi) is 3.48. The second kappa shape index (κ2) is 5.06. The van der Waals surface area contributed by atoms with Crippen molar-refractivity contribution < 1.29 is 14.6 Å². The first-order valence-corrected chi connectivity index (χ1v) is 5.57. The van der Waals surface area contributed by atoms with E-state index in [9.17, 15) is 4.79 Å². The quantitative estimate of drug-likeness (QED) is 0.920. The van der Waals surface area contributed by atoms with Gasteiger partial charge in [-0.3, -0.25) is 0 Å². The molecule has 0 saturated carbocycles. The number of hydrogen-bond donors (Lipinski definition) is 1. The summed E-state index contributed by atoms with van der Waals surface area (Å²) in [6.45, 7) is 1.88. The maximum Gasteiger partial charge on any atom is 0.354 e. The van der Waals surface area contributed by atoms with Crippen LogP contribution in [0.1, 0.15) is 16.1 Å². The smallest absolute Gasteiger partial charge is 0.354 e. The zero-order valence-corrected chi connectivity index (χ0v) is 10.3. The number of aryl methyl sites for hydroxylation is 1. The molecule has 0 fully saturated rings. The number of benzene rings is 1. The van der Waals surface area contributed by atoms with Gasteiger partial charge in [-0.15, -0.1) is 0 Å². The van der Waals surface area contributed by atoms with Gasteiger partial charge in [0.05, 0.1) is 0 Å². The molecule has 0 saturated heterocycles. The number of rotatable bonds is 3. The molecule has 1 aromatic heterocycles. The van der Waals surface area contributed by atoms with E-state index < -0.39 is 5.97 Å². The second-order valence-corrected chi connectivity index (χ2v) is 4.13. The van der Waals surface area contributed by atoms with E-state index in [2.05, 4.69) is 4.98 Å². The summed E-state index contributed by atoms with van der Waals surface area (Å²) in [5.41, 5.74) is 0.847. The summed E-state index contributed by atoms with van der Waals surface area (Å²) in [7, 11) is 0. The zero-order chi connectivity index (χ0) is 13.1. The molecule has 1 aromatic carbocycles. The molecule has 0 atom stereocenters. The normalized spacial score (nSPS) is 10.1. The molecule has 1 heterocycles. The van der Waals surface area contributed by atoms with Crippen molar-refractivity contribution in [3.05, 3.63) is 52.8 Å². The number of ether oxygens (including phenoxy) is 1. The third-order valence-corrected chi connectivity index (χ3v) is 2.56. The highest BCUT2D eigenvalue weighted by molar-refractivity contribution is 6.30. The molecule has 1 N–H and O–H groups in total. The topological polar surface area (TPSA) is 59.4 Å². The van der Waals surface area contributed by atoms with E-state index in [0.717, 1.165) is 5.56 Å². The highest BCUT2D eigenvalue weighted by atomic mass is 35.5. The van der Waals surface area contributed by atoms with Crippen LogP contribution in [0.25, 0.3) is 0 Å². The molecule has 0 aliphatic carbocycles. The number of halogens is 1. The van der Waals surface area contributed by atoms with Crippen LogP contribution in [0, 0.1) is 6.92 Å². The summed E-state index contributed by atoms with van der Waals surface area (Å²) in [5, 5.41) is 9.39. The largest absolute Gasteiger partial charge is 0.477 e. The van der Waals surface area contributed by atoms with Gasteiger partial charge < -0.3 is 9.84 Å². The Hall–Kier alpha value is -2.07. The van der Waals surface area contributed by atoms with E-state index in [4.69, 9.17) is 21.4 Å². The van der Waals surface area contributed by atoms with Crippen molar-refractivity contribution in [2.24, 2.45) is 0 Å². The van der Waals surface area contributed by atoms with E-state index in [1.807, 2.05) is 13.0 Å². The summed E-state index contributed by atoms with van der Waals surface area (Å²) in [6.07, 6.45) is 1.39. The fraction of sp³-hybridized carbons (Fsp3) is 0.0769. The van der Waals surface area contributed by atoms with Crippen LogP contribution >= 0.6 is 11.6 Å². The summed E-state index contributed by atoms with van der Waals surface area (Å²) >= 11 is 5.88. The molecule has 0 spiro atoms. The Bertz CT molecular complexity index is 599. The summed E-state index contributed by atoms with van der Waals surface area (Å²) in [4.78, 5) is 14.5. The first kappa shape index (κ1) is 12.4. The molecule has 0 bridgehead atoms. The first-order chi connectivity index (χ1) is 8.56. The van der Waals surface area contributed by atoms with Crippen LogP contribution in [0.2, 0.25) is 5.02 Å². The molecule has 4 nitrogen and oxygen atoms in total. The van der Waals surface area contributed by atoms with Gasteiger partial charge in [0.25, 0.3) is 0 Å². The Labute approximate surface area is 109 Å². The standard InChI is InChI=1S/C13H10ClNO3/c1-8-2-3-9(14)6-12(8)18-10-4-5-15-11(7-10)13(16)17/h2-7H,1H3,(H,16,17). The highest BCUT2D eigenvalue weighted by Crippen LogP contribution is 2.27. The average Bonchev–Trinajstić information content (AvgIpc) is 2.34. The van der Waals surface area contributed by atoms with Crippen LogP contribution in [0.4, 0.5) is 0 Å². The summed E-state index contributed by atoms with van der Waals surface area (Å²) in [6, 6.07) is 8.23. The molecule has 2 aromatic rings. The molecule has 0 aliphatic rings. The minimum Gasteiger partial charge on any atom is -0.477 e. The summed E-state index contributed by atoms with van der Waals surface area (Å²) < 4.78 is 5.59. The van der Waals surface area contributed by atoms with Crippen molar-refractivity contribution in [1.82, 2.24) is 4.98 Å². The number of carbonyl (C=O) groups is 1. The highest BCUT2D eigenvalue weighted by Gasteiger charge is 2.07. The van der Waals surface area contributed by atoms with E-state index in [1.165, 1.54) is 12.3 Å². The average molecular weight is 264 g/mol. The lowest BCUT2D eigenvalue weighted by atomic mass is 10.2. The first-order valence-electron chi connectivity index (χ1n) is 5.19. The Balaban J connectivity index is 2.31. The SMILES string of the molecule is Cc1ccc(Cl)cc1Oc1ccnc(C(=O)O)c1. The Morgan fingerprint density at radius 2 is 2.11 bits per heavy atom. The van der Waals surface area contributed by atoms with Gasteiger partial charge in [0.1, 0.15) is 11.5 Å². The fourth-order valence-corrected chi connectivity index (χ4v) is 1.56. The molecular weight excluding hydrogens is 254 g/mol. The molecular formula is C13H10ClNO3. The van der Waals surface area contributed by atoms with Crippen LogP contribution in [-0.2, 0) is 0 Å². The maximum absolute atomic E-state index is 10.8. The lowest BCUT2D eigenvalue weighted by Gasteiger charge is -2.09. The second-order valence-electron chi connectivity index (χ2n) is 3.69. The van der Waals surface area contributed by atoms with Gasteiger partial charge in [-0.1, -0.05) is 17.7 Å². The van der Waals surface area contributed by atoms with Gasteiger partial charge in [0.15, 0.2) is 5.69 Å².